The summed E-state index contributed by atoms with van der Waals surface area (Å²) in [7, 11) is 3.53. The number of halogens is 1. The van der Waals surface area contributed by atoms with Crippen LogP contribution in [0.1, 0.15) is 71.1 Å². The van der Waals surface area contributed by atoms with Gasteiger partial charge in [-0.2, -0.15) is 15.0 Å². The predicted octanol–water partition coefficient (Wildman–Crippen LogP) is 5.91. The topological polar surface area (TPSA) is 75.2 Å². The third-order valence-corrected chi connectivity index (χ3v) is 7.07. The molecule has 4 rings (SSSR count). The lowest BCUT2D eigenvalue weighted by Crippen LogP contribution is -2.36. The van der Waals surface area contributed by atoms with Crippen molar-refractivity contribution in [3.8, 4) is 5.75 Å². The smallest absolute Gasteiger partial charge is 0.233 e. The molecule has 2 N–H and O–H groups in total. The van der Waals surface area contributed by atoms with Crippen LogP contribution in [-0.4, -0.2) is 41.2 Å². The molecule has 8 heteroatoms. The number of nitrogens with zero attached hydrogens (tertiary/aromatic N) is 4. The molecule has 180 valence electrons. The molecule has 2 aliphatic carbocycles. The lowest BCUT2D eigenvalue weighted by molar-refractivity contribution is 0.339. The summed E-state index contributed by atoms with van der Waals surface area (Å²) in [6.45, 7) is 2.32. The molecule has 1 aromatic heterocycles. The van der Waals surface area contributed by atoms with E-state index in [1.807, 2.05) is 0 Å². The SMILES string of the molecule is COc1ccc(Nc2nc(NC3CCCCCC3)nc(N(C)C3CCC(C)CC3)n2)cc1F. The summed E-state index contributed by atoms with van der Waals surface area (Å²) in [6.07, 6.45) is 12.0. The lowest BCUT2D eigenvalue weighted by Gasteiger charge is -2.33. The van der Waals surface area contributed by atoms with Crippen LogP contribution in [0.5, 0.6) is 5.75 Å². The molecule has 2 aromatic rings. The number of anilines is 4. The summed E-state index contributed by atoms with van der Waals surface area (Å²) < 4.78 is 19.3. The van der Waals surface area contributed by atoms with E-state index in [4.69, 9.17) is 14.7 Å². The highest BCUT2D eigenvalue weighted by Crippen LogP contribution is 2.30. The Labute approximate surface area is 196 Å². The highest BCUT2D eigenvalue weighted by atomic mass is 19.1. The molecule has 33 heavy (non-hydrogen) atoms. The first-order valence-corrected chi connectivity index (χ1v) is 12.4. The normalized spacial score (nSPS) is 21.8. The van der Waals surface area contributed by atoms with Crippen molar-refractivity contribution >= 4 is 23.5 Å². The molecule has 2 fully saturated rings. The van der Waals surface area contributed by atoms with E-state index in [1.165, 1.54) is 51.7 Å². The molecule has 0 aliphatic heterocycles. The van der Waals surface area contributed by atoms with E-state index in [2.05, 4.69) is 34.5 Å². The van der Waals surface area contributed by atoms with Gasteiger partial charge in [-0.3, -0.25) is 0 Å². The molecule has 0 radical (unpaired) electrons. The van der Waals surface area contributed by atoms with Crippen molar-refractivity contribution in [1.29, 1.82) is 0 Å². The van der Waals surface area contributed by atoms with Crippen LogP contribution >= 0.6 is 0 Å². The van der Waals surface area contributed by atoms with E-state index in [0.717, 1.165) is 31.6 Å². The van der Waals surface area contributed by atoms with E-state index >= 15 is 0 Å². The van der Waals surface area contributed by atoms with E-state index < -0.39 is 5.82 Å². The first-order valence-electron chi connectivity index (χ1n) is 12.4. The zero-order chi connectivity index (χ0) is 23.2. The third-order valence-electron chi connectivity index (χ3n) is 7.07. The molecular weight excluding hydrogens is 419 g/mol. The van der Waals surface area contributed by atoms with E-state index in [1.54, 1.807) is 12.1 Å². The molecular formula is C25H37FN6O. The second-order valence-corrected chi connectivity index (χ2v) is 9.61. The van der Waals surface area contributed by atoms with Crippen molar-refractivity contribution in [3.05, 3.63) is 24.0 Å². The van der Waals surface area contributed by atoms with Crippen LogP contribution in [0.4, 0.5) is 27.9 Å². The van der Waals surface area contributed by atoms with Gasteiger partial charge in [-0.05, 0) is 56.6 Å². The van der Waals surface area contributed by atoms with Crippen LogP contribution in [0, 0.1) is 11.7 Å². The van der Waals surface area contributed by atoms with Crippen LogP contribution in [0.25, 0.3) is 0 Å². The number of ether oxygens (including phenoxy) is 1. The number of nitrogens with one attached hydrogen (secondary N) is 2. The minimum absolute atomic E-state index is 0.207. The quantitative estimate of drug-likeness (QED) is 0.501. The summed E-state index contributed by atoms with van der Waals surface area (Å²) in [5.74, 6) is 2.21. The fourth-order valence-corrected chi connectivity index (χ4v) is 4.92. The largest absolute Gasteiger partial charge is 0.494 e. The van der Waals surface area contributed by atoms with Crippen LogP contribution in [-0.2, 0) is 0 Å². The monoisotopic (exact) mass is 456 g/mol. The van der Waals surface area contributed by atoms with Gasteiger partial charge in [-0.15, -0.1) is 0 Å². The molecule has 1 aromatic carbocycles. The summed E-state index contributed by atoms with van der Waals surface area (Å²) >= 11 is 0. The zero-order valence-electron chi connectivity index (χ0n) is 20.1. The molecule has 0 bridgehead atoms. The van der Waals surface area contributed by atoms with Crippen LogP contribution in [0.3, 0.4) is 0 Å². The third kappa shape index (κ3) is 6.24. The van der Waals surface area contributed by atoms with Gasteiger partial charge in [0, 0.05) is 30.9 Å². The van der Waals surface area contributed by atoms with Crippen LogP contribution < -0.4 is 20.3 Å². The standard InChI is InChI=1S/C25H37FN6O/c1-17-10-13-20(14-11-17)32(2)25-30-23(27-18-8-6-4-5-7-9-18)29-24(31-25)28-19-12-15-22(33-3)21(26)16-19/h12,15-18,20H,4-11,13-14H2,1-3H3,(H2,27,28,29,30,31). The van der Waals surface area contributed by atoms with E-state index in [0.29, 0.717) is 35.6 Å². The minimum Gasteiger partial charge on any atom is -0.494 e. The number of rotatable bonds is 7. The maximum absolute atomic E-state index is 14.2. The summed E-state index contributed by atoms with van der Waals surface area (Å²) in [4.78, 5) is 16.3. The molecule has 2 saturated carbocycles. The zero-order valence-corrected chi connectivity index (χ0v) is 20.1. The lowest BCUT2D eigenvalue weighted by atomic mass is 9.87. The number of hydrogen-bond donors (Lipinski definition) is 2. The Bertz CT molecular complexity index is 910. The number of aromatic nitrogens is 3. The first-order chi connectivity index (χ1) is 16.0. The van der Waals surface area contributed by atoms with Gasteiger partial charge in [0.15, 0.2) is 11.6 Å². The average Bonchev–Trinajstić information content (AvgIpc) is 3.08. The van der Waals surface area contributed by atoms with Crippen LogP contribution in [0.15, 0.2) is 18.2 Å². The second kappa shape index (κ2) is 11.0. The van der Waals surface area contributed by atoms with Crippen molar-refractivity contribution in [2.75, 3.05) is 29.7 Å². The fourth-order valence-electron chi connectivity index (χ4n) is 4.92. The van der Waals surface area contributed by atoms with Crippen molar-refractivity contribution in [2.24, 2.45) is 5.92 Å². The Morgan fingerprint density at radius 3 is 2.30 bits per heavy atom. The van der Waals surface area contributed by atoms with Gasteiger partial charge in [-0.1, -0.05) is 32.6 Å². The molecule has 1 heterocycles. The van der Waals surface area contributed by atoms with Crippen molar-refractivity contribution in [1.82, 2.24) is 15.0 Å². The van der Waals surface area contributed by atoms with Gasteiger partial charge in [0.05, 0.1) is 7.11 Å². The molecule has 2 aliphatic rings. The van der Waals surface area contributed by atoms with Gasteiger partial charge >= 0.3 is 0 Å². The molecule has 0 unspecified atom stereocenters. The van der Waals surface area contributed by atoms with Crippen molar-refractivity contribution < 1.29 is 9.13 Å². The second-order valence-electron chi connectivity index (χ2n) is 9.61. The van der Waals surface area contributed by atoms with Gasteiger partial charge in [-0.25, -0.2) is 4.39 Å². The minimum atomic E-state index is -0.429. The Kier molecular flexibility index (Phi) is 7.83. The van der Waals surface area contributed by atoms with Crippen molar-refractivity contribution in [2.45, 2.75) is 83.2 Å². The summed E-state index contributed by atoms with van der Waals surface area (Å²) in [6, 6.07) is 5.54. The predicted molar refractivity (Wildman–Crippen MR) is 131 cm³/mol. The fraction of sp³-hybridized carbons (Fsp3) is 0.640. The molecule has 0 atom stereocenters. The van der Waals surface area contributed by atoms with Gasteiger partial charge in [0.1, 0.15) is 0 Å². The maximum Gasteiger partial charge on any atom is 0.233 e. The summed E-state index contributed by atoms with van der Waals surface area (Å²) in [5, 5.41) is 6.73. The Balaban J connectivity index is 1.58. The maximum atomic E-state index is 14.2. The highest BCUT2D eigenvalue weighted by Gasteiger charge is 2.25. The molecule has 0 saturated heterocycles. The van der Waals surface area contributed by atoms with E-state index in [-0.39, 0.29) is 5.75 Å². The number of hydrogen-bond acceptors (Lipinski definition) is 7. The molecule has 0 amide bonds. The Morgan fingerprint density at radius 1 is 0.939 bits per heavy atom. The number of benzene rings is 1. The molecule has 7 nitrogen and oxygen atoms in total. The van der Waals surface area contributed by atoms with Gasteiger partial charge < -0.3 is 20.3 Å². The van der Waals surface area contributed by atoms with Gasteiger partial charge in [0.25, 0.3) is 0 Å². The molecule has 0 spiro atoms. The van der Waals surface area contributed by atoms with E-state index in [9.17, 15) is 4.39 Å². The first kappa shape index (κ1) is 23.5. The summed E-state index contributed by atoms with van der Waals surface area (Å²) in [5.41, 5.74) is 0.569. The van der Waals surface area contributed by atoms with Crippen molar-refractivity contribution in [3.63, 3.8) is 0 Å². The van der Waals surface area contributed by atoms with Gasteiger partial charge in [0.2, 0.25) is 17.8 Å². The average molecular weight is 457 g/mol. The number of methoxy groups -OCH3 is 1. The highest BCUT2D eigenvalue weighted by molar-refractivity contribution is 5.57. The van der Waals surface area contributed by atoms with Crippen LogP contribution in [0.2, 0.25) is 0 Å². The Hall–Kier alpha value is -2.64. The Morgan fingerprint density at radius 2 is 1.64 bits per heavy atom.